The topological polar surface area (TPSA) is 17.8 Å². The summed E-state index contributed by atoms with van der Waals surface area (Å²) in [6.45, 7) is 10.9. The van der Waals surface area contributed by atoms with Crippen LogP contribution in [0.1, 0.15) is 51.9 Å². The van der Waals surface area contributed by atoms with Crippen molar-refractivity contribution in [2.75, 3.05) is 0 Å². The molecule has 2 unspecified atom stereocenters. The van der Waals surface area contributed by atoms with E-state index in [-0.39, 0.29) is 10.8 Å². The molecule has 0 aliphatic rings. The first kappa shape index (κ1) is 13.4. The molecule has 0 aliphatic carbocycles. The number of hydrogen-bond acceptors (Lipinski definition) is 1. The minimum atomic E-state index is -0.0813. The van der Waals surface area contributed by atoms with Gasteiger partial charge in [-0.3, -0.25) is 0 Å². The fourth-order valence-corrected chi connectivity index (χ4v) is 2.29. The van der Waals surface area contributed by atoms with E-state index in [4.69, 9.17) is 11.6 Å². The third kappa shape index (κ3) is 2.26. The van der Waals surface area contributed by atoms with E-state index >= 15 is 0 Å². The van der Waals surface area contributed by atoms with E-state index in [2.05, 4.69) is 49.4 Å². The van der Waals surface area contributed by atoms with Crippen LogP contribution in [-0.2, 0) is 0 Å². The van der Waals surface area contributed by atoms with Crippen LogP contribution in [-0.4, -0.2) is 9.55 Å². The molecule has 0 saturated carbocycles. The molecule has 0 amide bonds. The van der Waals surface area contributed by atoms with Crippen molar-refractivity contribution in [3.63, 3.8) is 0 Å². The third-order valence-corrected chi connectivity index (χ3v) is 3.81. The van der Waals surface area contributed by atoms with Crippen molar-refractivity contribution >= 4 is 22.6 Å². The summed E-state index contributed by atoms with van der Waals surface area (Å²) in [5, 5.41) is -0.0813. The van der Waals surface area contributed by atoms with E-state index in [1.165, 1.54) is 5.52 Å². The Morgan fingerprint density at radius 3 is 2.33 bits per heavy atom. The minimum Gasteiger partial charge on any atom is -0.323 e. The molecule has 0 saturated heterocycles. The SMILES string of the molecule is CC(Cl)c1nc2ccccc2n1C(C)C(C)(C)C. The van der Waals surface area contributed by atoms with Crippen LogP contribution >= 0.6 is 11.6 Å². The van der Waals surface area contributed by atoms with E-state index in [1.54, 1.807) is 0 Å². The monoisotopic (exact) mass is 264 g/mol. The van der Waals surface area contributed by atoms with Gasteiger partial charge in [0.05, 0.1) is 16.4 Å². The normalized spacial score (nSPS) is 15.9. The van der Waals surface area contributed by atoms with Gasteiger partial charge in [0, 0.05) is 6.04 Å². The molecule has 2 atom stereocenters. The van der Waals surface area contributed by atoms with Crippen LogP contribution in [0.4, 0.5) is 0 Å². The summed E-state index contributed by atoms with van der Waals surface area (Å²) in [6, 6.07) is 8.58. The maximum absolute atomic E-state index is 6.29. The van der Waals surface area contributed by atoms with E-state index in [0.717, 1.165) is 11.3 Å². The number of aromatic nitrogens is 2. The van der Waals surface area contributed by atoms with Gasteiger partial charge in [0.1, 0.15) is 5.82 Å². The van der Waals surface area contributed by atoms with Crippen LogP contribution in [0.25, 0.3) is 11.0 Å². The highest BCUT2D eigenvalue weighted by molar-refractivity contribution is 6.20. The van der Waals surface area contributed by atoms with Crippen molar-refractivity contribution in [2.45, 2.75) is 46.0 Å². The molecular weight excluding hydrogens is 244 g/mol. The first-order chi connectivity index (χ1) is 8.32. The van der Waals surface area contributed by atoms with Crippen LogP contribution in [0.2, 0.25) is 0 Å². The van der Waals surface area contributed by atoms with Gasteiger partial charge in [-0.25, -0.2) is 4.98 Å². The van der Waals surface area contributed by atoms with Gasteiger partial charge in [0.2, 0.25) is 0 Å². The highest BCUT2D eigenvalue weighted by atomic mass is 35.5. The molecule has 3 heteroatoms. The molecule has 2 aromatic rings. The standard InChI is InChI=1S/C15H21ClN2/c1-10(16)14-17-12-8-6-7-9-13(12)18(14)11(2)15(3,4)5/h6-11H,1-5H3. The Balaban J connectivity index is 2.69. The van der Waals surface area contributed by atoms with Crippen molar-refractivity contribution in [2.24, 2.45) is 5.41 Å². The summed E-state index contributed by atoms with van der Waals surface area (Å²) in [5.41, 5.74) is 2.36. The number of hydrogen-bond donors (Lipinski definition) is 0. The molecule has 18 heavy (non-hydrogen) atoms. The zero-order valence-electron chi connectivity index (χ0n) is 11.7. The fraction of sp³-hybridized carbons (Fsp3) is 0.533. The Kier molecular flexibility index (Phi) is 3.41. The molecule has 0 spiro atoms. The average Bonchev–Trinajstić information content (AvgIpc) is 2.65. The largest absolute Gasteiger partial charge is 0.323 e. The van der Waals surface area contributed by atoms with E-state index in [0.29, 0.717) is 6.04 Å². The maximum atomic E-state index is 6.29. The summed E-state index contributed by atoms with van der Waals surface area (Å²) >= 11 is 6.29. The predicted octanol–water partition coefficient (Wildman–Crippen LogP) is 4.94. The fourth-order valence-electron chi connectivity index (χ4n) is 2.14. The number of alkyl halides is 1. The van der Waals surface area contributed by atoms with E-state index in [9.17, 15) is 0 Å². The Morgan fingerprint density at radius 2 is 1.78 bits per heavy atom. The van der Waals surface area contributed by atoms with Gasteiger partial charge in [0.25, 0.3) is 0 Å². The highest BCUT2D eigenvalue weighted by Gasteiger charge is 2.27. The van der Waals surface area contributed by atoms with Gasteiger partial charge in [-0.1, -0.05) is 32.9 Å². The smallest absolute Gasteiger partial charge is 0.127 e. The molecule has 1 heterocycles. The maximum Gasteiger partial charge on any atom is 0.127 e. The Labute approximate surface area is 114 Å². The molecule has 0 aliphatic heterocycles. The van der Waals surface area contributed by atoms with Gasteiger partial charge in [-0.15, -0.1) is 11.6 Å². The van der Waals surface area contributed by atoms with Crippen LogP contribution < -0.4 is 0 Å². The quantitative estimate of drug-likeness (QED) is 0.702. The lowest BCUT2D eigenvalue weighted by atomic mass is 9.87. The summed E-state index contributed by atoms with van der Waals surface area (Å²) < 4.78 is 2.28. The Morgan fingerprint density at radius 1 is 1.17 bits per heavy atom. The summed E-state index contributed by atoms with van der Waals surface area (Å²) in [5.74, 6) is 0.959. The predicted molar refractivity (Wildman–Crippen MR) is 78.2 cm³/mol. The molecular formula is C15H21ClN2. The van der Waals surface area contributed by atoms with Crippen LogP contribution in [0.15, 0.2) is 24.3 Å². The third-order valence-electron chi connectivity index (χ3n) is 3.62. The molecule has 2 rings (SSSR count). The Hall–Kier alpha value is -1.02. The summed E-state index contributed by atoms with van der Waals surface area (Å²) in [7, 11) is 0. The number of benzene rings is 1. The van der Waals surface area contributed by atoms with Crippen molar-refractivity contribution in [1.29, 1.82) is 0 Å². The molecule has 1 aromatic carbocycles. The van der Waals surface area contributed by atoms with Crippen LogP contribution in [0.5, 0.6) is 0 Å². The lowest BCUT2D eigenvalue weighted by molar-refractivity contribution is 0.262. The number of nitrogens with zero attached hydrogens (tertiary/aromatic N) is 2. The van der Waals surface area contributed by atoms with Gasteiger partial charge >= 0.3 is 0 Å². The number of imidazole rings is 1. The number of rotatable bonds is 2. The van der Waals surface area contributed by atoms with Crippen molar-refractivity contribution < 1.29 is 0 Å². The second-order valence-corrected chi connectivity index (χ2v) is 6.64. The van der Waals surface area contributed by atoms with E-state index < -0.39 is 0 Å². The zero-order valence-corrected chi connectivity index (χ0v) is 12.5. The minimum absolute atomic E-state index is 0.0813. The summed E-state index contributed by atoms with van der Waals surface area (Å²) in [6.07, 6.45) is 0. The van der Waals surface area contributed by atoms with E-state index in [1.807, 2.05) is 19.1 Å². The van der Waals surface area contributed by atoms with Crippen molar-refractivity contribution in [1.82, 2.24) is 9.55 Å². The molecule has 0 radical (unpaired) electrons. The lowest BCUT2D eigenvalue weighted by Crippen LogP contribution is -2.23. The van der Waals surface area contributed by atoms with Gasteiger partial charge in [0.15, 0.2) is 0 Å². The van der Waals surface area contributed by atoms with Gasteiger partial charge in [-0.05, 0) is 31.4 Å². The van der Waals surface area contributed by atoms with Gasteiger partial charge in [-0.2, -0.15) is 0 Å². The van der Waals surface area contributed by atoms with Crippen LogP contribution in [0, 0.1) is 5.41 Å². The molecule has 1 aromatic heterocycles. The first-order valence-corrected chi connectivity index (χ1v) is 6.87. The Bertz CT molecular complexity index is 549. The number of halogens is 1. The average molecular weight is 265 g/mol. The van der Waals surface area contributed by atoms with Crippen molar-refractivity contribution in [3.8, 4) is 0 Å². The molecule has 2 nitrogen and oxygen atoms in total. The second-order valence-electron chi connectivity index (χ2n) is 5.99. The molecule has 0 N–H and O–H groups in total. The summed E-state index contributed by atoms with van der Waals surface area (Å²) in [4.78, 5) is 4.68. The second kappa shape index (κ2) is 4.58. The first-order valence-electron chi connectivity index (χ1n) is 6.43. The van der Waals surface area contributed by atoms with Crippen molar-refractivity contribution in [3.05, 3.63) is 30.1 Å². The zero-order chi connectivity index (χ0) is 13.5. The number of para-hydroxylation sites is 2. The highest BCUT2D eigenvalue weighted by Crippen LogP contribution is 2.36. The lowest BCUT2D eigenvalue weighted by Gasteiger charge is -2.30. The number of fused-ring (bicyclic) bond motifs is 1. The molecule has 98 valence electrons. The molecule has 0 bridgehead atoms. The van der Waals surface area contributed by atoms with Crippen LogP contribution in [0.3, 0.4) is 0 Å². The molecule has 0 fully saturated rings. The van der Waals surface area contributed by atoms with Gasteiger partial charge < -0.3 is 4.57 Å².